The molecule has 0 amide bonds. The van der Waals surface area contributed by atoms with Crippen molar-refractivity contribution in [3.8, 4) is 12.1 Å². The highest BCUT2D eigenvalue weighted by atomic mass is 32.3. The van der Waals surface area contributed by atoms with Crippen LogP contribution in [0.15, 0.2) is 32.7 Å². The van der Waals surface area contributed by atoms with E-state index in [0.29, 0.717) is 0 Å². The zero-order chi connectivity index (χ0) is 17.1. The molecule has 0 atom stereocenters. The van der Waals surface area contributed by atoms with Crippen LogP contribution in [0.25, 0.3) is 9.81 Å². The van der Waals surface area contributed by atoms with Crippen LogP contribution in [0.4, 0.5) is 0 Å². The number of hydrogen-bond acceptors (Lipinski definition) is 8. The van der Waals surface area contributed by atoms with Crippen molar-refractivity contribution in [3.05, 3.63) is 50.9 Å². The second kappa shape index (κ2) is 8.09. The van der Waals surface area contributed by atoms with Crippen molar-refractivity contribution in [1.82, 2.24) is 0 Å². The van der Waals surface area contributed by atoms with Crippen LogP contribution in [0.2, 0.25) is 0 Å². The average Bonchev–Trinajstić information content (AvgIpc) is 3.33. The van der Waals surface area contributed by atoms with Crippen LogP contribution in [0.5, 0.6) is 0 Å². The summed E-state index contributed by atoms with van der Waals surface area (Å²) >= 11 is 10.6. The molecule has 2 nitrogen and oxygen atoms in total. The maximum absolute atomic E-state index is 8.99. The molecular weight excluding hydrogens is 413 g/mol. The Balaban J connectivity index is 2.11. The third kappa shape index (κ3) is 3.60. The van der Waals surface area contributed by atoms with E-state index < -0.39 is 0 Å². The van der Waals surface area contributed by atoms with Crippen LogP contribution >= 0.6 is 69.7 Å². The molecule has 0 N–H and O–H groups in total. The van der Waals surface area contributed by atoms with Gasteiger partial charge < -0.3 is 0 Å². The standard InChI is InChI=1S/C16H10N2S6/c1-19-15-16(20-2)24-14(23-15)13-6-5-12(22-13)11-4-3-10(21-11)9(7-17)8-18/h3-6H,1-2H3/b12-11+. The number of thiophene rings is 2. The maximum atomic E-state index is 8.99. The van der Waals surface area contributed by atoms with E-state index in [9.17, 15) is 0 Å². The summed E-state index contributed by atoms with van der Waals surface area (Å²) < 4.78 is 8.36. The smallest absolute Gasteiger partial charge is 0.146 e. The lowest BCUT2D eigenvalue weighted by Crippen LogP contribution is -1.93. The van der Waals surface area contributed by atoms with Crippen LogP contribution < -0.4 is 9.06 Å². The van der Waals surface area contributed by atoms with Gasteiger partial charge in [-0.15, -0.1) is 46.2 Å². The van der Waals surface area contributed by atoms with Gasteiger partial charge in [-0.05, 0) is 36.8 Å². The van der Waals surface area contributed by atoms with Gasteiger partial charge in [0.1, 0.15) is 17.7 Å². The molecule has 3 rings (SSSR count). The Bertz CT molecular complexity index is 1070. The first kappa shape index (κ1) is 18.1. The molecule has 120 valence electrons. The van der Waals surface area contributed by atoms with Gasteiger partial charge in [0.25, 0.3) is 0 Å². The van der Waals surface area contributed by atoms with Gasteiger partial charge in [-0.1, -0.05) is 23.5 Å². The fraction of sp³-hybridized carbons (Fsp3) is 0.125. The van der Waals surface area contributed by atoms with Crippen LogP contribution in [0.3, 0.4) is 0 Å². The van der Waals surface area contributed by atoms with Crippen LogP contribution in [-0.4, -0.2) is 12.5 Å². The van der Waals surface area contributed by atoms with Crippen molar-refractivity contribution in [3.63, 3.8) is 0 Å². The first-order valence-corrected chi connectivity index (χ1v) is 12.3. The summed E-state index contributed by atoms with van der Waals surface area (Å²) in [6, 6.07) is 12.0. The first-order chi connectivity index (χ1) is 11.7. The van der Waals surface area contributed by atoms with Gasteiger partial charge >= 0.3 is 0 Å². The van der Waals surface area contributed by atoms with E-state index in [0.717, 1.165) is 9.06 Å². The van der Waals surface area contributed by atoms with E-state index >= 15 is 0 Å². The lowest BCUT2D eigenvalue weighted by atomic mass is 10.3. The van der Waals surface area contributed by atoms with Gasteiger partial charge in [-0.3, -0.25) is 0 Å². The topological polar surface area (TPSA) is 47.6 Å². The van der Waals surface area contributed by atoms with Gasteiger partial charge in [0.2, 0.25) is 0 Å². The first-order valence-electron chi connectivity index (χ1n) is 6.63. The average molecular weight is 423 g/mol. The Hall–Kier alpha value is -0.740. The highest BCUT2D eigenvalue weighted by Gasteiger charge is 2.20. The summed E-state index contributed by atoms with van der Waals surface area (Å²) in [5.74, 6) is 0. The van der Waals surface area contributed by atoms with Gasteiger partial charge in [0.15, 0.2) is 0 Å². The van der Waals surface area contributed by atoms with Crippen molar-refractivity contribution in [2.24, 2.45) is 0 Å². The normalized spacial score (nSPS) is 15.4. The summed E-state index contributed by atoms with van der Waals surface area (Å²) in [6.07, 6.45) is 4.24. The van der Waals surface area contributed by atoms with E-state index in [1.54, 1.807) is 34.9 Å². The summed E-state index contributed by atoms with van der Waals surface area (Å²) in [7, 11) is 0. The van der Waals surface area contributed by atoms with Gasteiger partial charge in [-0.25, -0.2) is 0 Å². The summed E-state index contributed by atoms with van der Waals surface area (Å²) in [5, 5.41) is 18.0. The minimum Gasteiger partial charge on any atom is -0.192 e. The van der Waals surface area contributed by atoms with E-state index in [1.807, 2.05) is 47.8 Å². The molecule has 0 bridgehead atoms. The van der Waals surface area contributed by atoms with Gasteiger partial charge in [-0.2, -0.15) is 10.5 Å². The zero-order valence-electron chi connectivity index (χ0n) is 12.7. The Morgan fingerprint density at radius 3 is 1.96 bits per heavy atom. The molecule has 0 spiro atoms. The van der Waals surface area contributed by atoms with Crippen molar-refractivity contribution in [1.29, 1.82) is 10.5 Å². The Morgan fingerprint density at radius 2 is 1.38 bits per heavy atom. The van der Waals surface area contributed by atoms with Crippen molar-refractivity contribution < 1.29 is 0 Å². The number of nitrogens with zero attached hydrogens (tertiary/aromatic N) is 2. The third-order valence-electron chi connectivity index (χ3n) is 3.03. The molecule has 0 saturated carbocycles. The second-order valence-corrected chi connectivity index (χ2v) is 11.0. The van der Waals surface area contributed by atoms with Crippen molar-refractivity contribution in [2.45, 2.75) is 0 Å². The number of nitriles is 2. The molecule has 2 aromatic heterocycles. The number of hydrogen-bond donors (Lipinski definition) is 0. The third-order valence-corrected chi connectivity index (χ3v) is 11.0. The number of rotatable bonds is 2. The summed E-state index contributed by atoms with van der Waals surface area (Å²) in [5.41, 5.74) is 0.178. The van der Waals surface area contributed by atoms with E-state index in [2.05, 4.69) is 24.6 Å². The molecular formula is C16H10N2S6. The Morgan fingerprint density at radius 1 is 0.833 bits per heavy atom. The highest BCUT2D eigenvalue weighted by Crippen LogP contribution is 2.56. The SMILES string of the molecule is CSC1=C(SC)SC(=c2cc/c(=c3/ccc(=C(C#N)C#N)s3)s2)S1. The van der Waals surface area contributed by atoms with Crippen LogP contribution in [-0.2, 0) is 0 Å². The molecule has 24 heavy (non-hydrogen) atoms. The quantitative estimate of drug-likeness (QED) is 0.699. The van der Waals surface area contributed by atoms with Crippen LogP contribution in [0.1, 0.15) is 0 Å². The molecule has 0 unspecified atom stereocenters. The van der Waals surface area contributed by atoms with E-state index in [1.165, 1.54) is 33.1 Å². The summed E-state index contributed by atoms with van der Waals surface area (Å²) in [6.45, 7) is 0. The lowest BCUT2D eigenvalue weighted by molar-refractivity contribution is 1.51. The molecule has 1 aliphatic heterocycles. The monoisotopic (exact) mass is 422 g/mol. The molecule has 0 saturated heterocycles. The fourth-order valence-electron chi connectivity index (χ4n) is 1.94. The molecule has 0 aliphatic carbocycles. The zero-order valence-corrected chi connectivity index (χ0v) is 17.6. The molecule has 8 heteroatoms. The Labute approximate surface area is 164 Å². The minimum absolute atomic E-state index is 0.178. The molecule has 2 aromatic rings. The second-order valence-electron chi connectivity index (χ2n) is 4.40. The maximum Gasteiger partial charge on any atom is 0.146 e. The van der Waals surface area contributed by atoms with Crippen molar-refractivity contribution in [2.75, 3.05) is 12.5 Å². The largest absolute Gasteiger partial charge is 0.192 e. The van der Waals surface area contributed by atoms with Gasteiger partial charge in [0.05, 0.1) is 17.2 Å². The number of thioether (sulfide) groups is 4. The fourth-order valence-corrected chi connectivity index (χ4v) is 9.15. The lowest BCUT2D eigenvalue weighted by Gasteiger charge is -1.94. The van der Waals surface area contributed by atoms with Crippen molar-refractivity contribution >= 4 is 79.5 Å². The highest BCUT2D eigenvalue weighted by molar-refractivity contribution is 8.45. The molecule has 0 aromatic carbocycles. The van der Waals surface area contributed by atoms with E-state index in [4.69, 9.17) is 10.5 Å². The molecule has 3 heterocycles. The summed E-state index contributed by atoms with van der Waals surface area (Å²) in [4.78, 5) is 0. The van der Waals surface area contributed by atoms with Gasteiger partial charge in [0, 0.05) is 13.6 Å². The molecule has 0 fully saturated rings. The predicted molar refractivity (Wildman–Crippen MR) is 113 cm³/mol. The minimum atomic E-state index is 0.178. The van der Waals surface area contributed by atoms with E-state index in [-0.39, 0.29) is 5.57 Å². The molecule has 1 aliphatic rings. The van der Waals surface area contributed by atoms with Crippen LogP contribution in [0, 0.1) is 31.7 Å². The molecule has 0 radical (unpaired) electrons. The Kier molecular flexibility index (Phi) is 6.09. The predicted octanol–water partition coefficient (Wildman–Crippen LogP) is 4.69.